The maximum Gasteiger partial charge on any atom is 0.319 e. The van der Waals surface area contributed by atoms with Gasteiger partial charge in [0, 0.05) is 29.9 Å². The number of hydrogen-bond donors (Lipinski definition) is 4. The minimum Gasteiger partial charge on any atom is -0.392 e. The molecule has 39 heavy (non-hydrogen) atoms. The van der Waals surface area contributed by atoms with Crippen LogP contribution in [0.5, 0.6) is 0 Å². The highest BCUT2D eigenvalue weighted by Crippen LogP contribution is 2.55. The molecule has 0 radical (unpaired) electrons. The van der Waals surface area contributed by atoms with Gasteiger partial charge in [-0.3, -0.25) is 4.79 Å². The van der Waals surface area contributed by atoms with Crippen LogP contribution >= 0.6 is 0 Å². The van der Waals surface area contributed by atoms with E-state index in [-0.39, 0.29) is 29.4 Å². The Kier molecular flexibility index (Phi) is 6.67. The SMILES string of the molecule is CC(=O)Nc1ccc(NC(=O)NC2CC3C[C@@H](C)CC(C(O)CC4c5ccccc5-c5cncn54)(C3)C2)cc1. The number of hydrogen-bond acceptors (Lipinski definition) is 4. The third-order valence-corrected chi connectivity index (χ3v) is 9.01. The number of fused-ring (bicyclic) bond motifs is 5. The predicted molar refractivity (Wildman–Crippen MR) is 151 cm³/mol. The molecule has 8 heteroatoms. The number of rotatable bonds is 6. The van der Waals surface area contributed by atoms with E-state index in [1.165, 1.54) is 18.1 Å². The van der Waals surface area contributed by atoms with Crippen LogP contribution in [0.25, 0.3) is 11.3 Å². The molecule has 2 fully saturated rings. The minimum absolute atomic E-state index is 0.00391. The summed E-state index contributed by atoms with van der Waals surface area (Å²) in [6.07, 6.45) is 8.78. The maximum atomic E-state index is 13.0. The monoisotopic (exact) mass is 527 g/mol. The van der Waals surface area contributed by atoms with Gasteiger partial charge in [-0.15, -0.1) is 0 Å². The molecule has 1 aromatic heterocycles. The first-order chi connectivity index (χ1) is 18.8. The number of benzene rings is 2. The number of imidazole rings is 1. The summed E-state index contributed by atoms with van der Waals surface area (Å²) in [7, 11) is 0. The number of nitrogens with one attached hydrogen (secondary N) is 3. The third-order valence-electron chi connectivity index (χ3n) is 9.01. The van der Waals surface area contributed by atoms with Gasteiger partial charge >= 0.3 is 6.03 Å². The van der Waals surface area contributed by atoms with Crippen LogP contribution < -0.4 is 16.0 Å². The lowest BCUT2D eigenvalue weighted by Gasteiger charge is -2.53. The molecule has 3 aromatic rings. The standard InChI is InChI=1S/C31H37N5O3/c1-19-11-21-12-24(35-30(39)34-23-9-7-22(8-10-23)33-20(2)37)16-31(14-19,15-21)29(38)13-27-25-5-3-4-6-26(25)28-17-32-18-36(27)28/h3-10,17-19,21,24,27,29,38H,11-16H2,1-2H3,(H,33,37)(H2,34,35,39)/t19-,21?,24?,27?,29?,31?/m1/s1. The van der Waals surface area contributed by atoms with Crippen molar-refractivity contribution in [2.75, 3.05) is 10.6 Å². The largest absolute Gasteiger partial charge is 0.392 e. The summed E-state index contributed by atoms with van der Waals surface area (Å²) in [5.74, 6) is 0.901. The lowest BCUT2D eigenvalue weighted by atomic mass is 9.55. The molecule has 3 aliphatic rings. The summed E-state index contributed by atoms with van der Waals surface area (Å²) < 4.78 is 2.21. The molecule has 5 unspecified atom stereocenters. The highest BCUT2D eigenvalue weighted by molar-refractivity contribution is 5.91. The summed E-state index contributed by atoms with van der Waals surface area (Å²) in [6.45, 7) is 3.77. The third kappa shape index (κ3) is 5.05. The van der Waals surface area contributed by atoms with Gasteiger partial charge in [0.05, 0.1) is 30.4 Å². The Morgan fingerprint density at radius 3 is 2.56 bits per heavy atom. The highest BCUT2D eigenvalue weighted by Gasteiger charge is 2.50. The molecule has 2 heterocycles. The average Bonchev–Trinajstić information content (AvgIpc) is 3.47. The van der Waals surface area contributed by atoms with Crippen LogP contribution in [-0.4, -0.2) is 38.7 Å². The van der Waals surface area contributed by atoms with E-state index in [0.717, 1.165) is 37.8 Å². The number of nitrogens with zero attached hydrogens (tertiary/aromatic N) is 2. The maximum absolute atomic E-state index is 13.0. The Labute approximate surface area is 229 Å². The quantitative estimate of drug-likeness (QED) is 0.336. The van der Waals surface area contributed by atoms with Crippen molar-refractivity contribution in [3.63, 3.8) is 0 Å². The van der Waals surface area contributed by atoms with Crippen molar-refractivity contribution in [1.82, 2.24) is 14.9 Å². The summed E-state index contributed by atoms with van der Waals surface area (Å²) >= 11 is 0. The molecule has 0 spiro atoms. The lowest BCUT2D eigenvalue weighted by molar-refractivity contribution is -0.114. The number of aliphatic hydroxyl groups excluding tert-OH is 1. The number of carbonyl (C=O) groups is 2. The molecule has 204 valence electrons. The Morgan fingerprint density at radius 2 is 1.79 bits per heavy atom. The van der Waals surface area contributed by atoms with E-state index in [4.69, 9.17) is 0 Å². The highest BCUT2D eigenvalue weighted by atomic mass is 16.3. The summed E-state index contributed by atoms with van der Waals surface area (Å²) in [6, 6.07) is 15.3. The molecule has 2 aromatic carbocycles. The van der Waals surface area contributed by atoms with Gasteiger partial charge in [-0.25, -0.2) is 9.78 Å². The number of amides is 3. The second-order valence-corrected chi connectivity index (χ2v) is 12.0. The number of aliphatic hydroxyl groups is 1. The van der Waals surface area contributed by atoms with Gasteiger partial charge in [0.25, 0.3) is 0 Å². The van der Waals surface area contributed by atoms with Gasteiger partial charge < -0.3 is 25.6 Å². The second-order valence-electron chi connectivity index (χ2n) is 12.0. The molecular weight excluding hydrogens is 490 g/mol. The van der Waals surface area contributed by atoms with Crippen molar-refractivity contribution in [3.05, 3.63) is 66.6 Å². The van der Waals surface area contributed by atoms with E-state index >= 15 is 0 Å². The number of anilines is 2. The van der Waals surface area contributed by atoms with Crippen LogP contribution in [0.15, 0.2) is 61.1 Å². The fourth-order valence-corrected chi connectivity index (χ4v) is 7.76. The zero-order valence-corrected chi connectivity index (χ0v) is 22.6. The molecule has 8 nitrogen and oxygen atoms in total. The molecule has 2 bridgehead atoms. The number of carbonyl (C=O) groups excluding carboxylic acids is 2. The van der Waals surface area contributed by atoms with E-state index in [1.54, 1.807) is 24.3 Å². The Morgan fingerprint density at radius 1 is 1.05 bits per heavy atom. The molecule has 4 N–H and O–H groups in total. The Balaban J connectivity index is 1.15. The number of aromatic nitrogens is 2. The first-order valence-corrected chi connectivity index (χ1v) is 14.0. The Bertz CT molecular complexity index is 1360. The van der Waals surface area contributed by atoms with Crippen molar-refractivity contribution >= 4 is 23.3 Å². The topological polar surface area (TPSA) is 108 Å². The molecule has 2 aliphatic carbocycles. The Hall–Kier alpha value is -3.65. The van der Waals surface area contributed by atoms with Crippen LogP contribution in [0.3, 0.4) is 0 Å². The van der Waals surface area contributed by atoms with E-state index in [9.17, 15) is 14.7 Å². The zero-order chi connectivity index (χ0) is 27.1. The molecular formula is C31H37N5O3. The molecule has 3 amide bonds. The van der Waals surface area contributed by atoms with Crippen molar-refractivity contribution in [1.29, 1.82) is 0 Å². The number of urea groups is 1. The van der Waals surface area contributed by atoms with E-state index in [2.05, 4.69) is 56.7 Å². The van der Waals surface area contributed by atoms with Crippen LogP contribution in [0.1, 0.15) is 64.0 Å². The van der Waals surface area contributed by atoms with Gasteiger partial charge in [-0.05, 0) is 85.6 Å². The van der Waals surface area contributed by atoms with Crippen molar-refractivity contribution in [2.24, 2.45) is 17.3 Å². The summed E-state index contributed by atoms with van der Waals surface area (Å²) in [5, 5.41) is 20.8. The van der Waals surface area contributed by atoms with Gasteiger partial charge in [0.1, 0.15) is 0 Å². The smallest absolute Gasteiger partial charge is 0.319 e. The fraction of sp³-hybridized carbons (Fsp3) is 0.452. The normalized spacial score (nSPS) is 27.7. The van der Waals surface area contributed by atoms with E-state index < -0.39 is 6.10 Å². The molecule has 0 saturated heterocycles. The first-order valence-electron chi connectivity index (χ1n) is 14.0. The summed E-state index contributed by atoms with van der Waals surface area (Å²) in [5.41, 5.74) is 4.68. The molecule has 1 aliphatic heterocycles. The fourth-order valence-electron chi connectivity index (χ4n) is 7.76. The zero-order valence-electron chi connectivity index (χ0n) is 22.6. The first kappa shape index (κ1) is 25.6. The van der Waals surface area contributed by atoms with E-state index in [1.807, 2.05) is 12.5 Å². The average molecular weight is 528 g/mol. The van der Waals surface area contributed by atoms with Gasteiger partial charge in [-0.2, -0.15) is 0 Å². The van der Waals surface area contributed by atoms with Crippen molar-refractivity contribution in [2.45, 2.75) is 70.6 Å². The van der Waals surface area contributed by atoms with Crippen molar-refractivity contribution in [3.8, 4) is 11.3 Å². The van der Waals surface area contributed by atoms with Crippen LogP contribution in [0.4, 0.5) is 16.2 Å². The lowest BCUT2D eigenvalue weighted by Crippen LogP contribution is -2.53. The second kappa shape index (κ2) is 10.2. The van der Waals surface area contributed by atoms with Gasteiger partial charge in [-0.1, -0.05) is 31.2 Å². The van der Waals surface area contributed by atoms with Crippen LogP contribution in [-0.2, 0) is 4.79 Å². The van der Waals surface area contributed by atoms with Crippen molar-refractivity contribution < 1.29 is 14.7 Å². The van der Waals surface area contributed by atoms with Crippen LogP contribution in [0, 0.1) is 17.3 Å². The van der Waals surface area contributed by atoms with Crippen LogP contribution in [0.2, 0.25) is 0 Å². The minimum atomic E-state index is -0.483. The predicted octanol–water partition coefficient (Wildman–Crippen LogP) is 5.57. The van der Waals surface area contributed by atoms with E-state index in [0.29, 0.717) is 29.6 Å². The molecule has 6 atom stereocenters. The molecule has 6 rings (SSSR count). The van der Waals surface area contributed by atoms with Gasteiger partial charge in [0.15, 0.2) is 0 Å². The molecule has 2 saturated carbocycles. The summed E-state index contributed by atoms with van der Waals surface area (Å²) in [4.78, 5) is 28.6. The van der Waals surface area contributed by atoms with Gasteiger partial charge in [0.2, 0.25) is 5.91 Å².